The minimum Gasteiger partial charge on any atom is -0.481 e. The molecule has 1 saturated heterocycles. The number of carbonyl (C=O) groups is 2. The van der Waals surface area contributed by atoms with Crippen molar-refractivity contribution in [2.75, 3.05) is 18.4 Å². The van der Waals surface area contributed by atoms with Crippen LogP contribution in [-0.2, 0) is 22.6 Å². The third-order valence-electron chi connectivity index (χ3n) is 6.72. The van der Waals surface area contributed by atoms with Crippen molar-refractivity contribution in [2.45, 2.75) is 43.5 Å². The molecule has 1 aliphatic rings. The van der Waals surface area contributed by atoms with Crippen molar-refractivity contribution in [1.82, 2.24) is 14.7 Å². The fraction of sp³-hybridized carbons (Fsp3) is 0.346. The molecule has 2 N–H and O–H groups in total. The fourth-order valence-corrected chi connectivity index (χ4v) is 4.83. The molecular weight excluding hydrogens is 530 g/mol. The monoisotopic (exact) mass is 554 g/mol. The summed E-state index contributed by atoms with van der Waals surface area (Å²) in [5.74, 6) is -0.944. The highest BCUT2D eigenvalue weighted by Gasteiger charge is 2.42. The molecule has 39 heavy (non-hydrogen) atoms. The Kier molecular flexibility index (Phi) is 7.62. The molecule has 2 aromatic carbocycles. The number of aliphatic carboxylic acids is 1. The van der Waals surface area contributed by atoms with Gasteiger partial charge in [-0.2, -0.15) is 31.4 Å². The number of carboxylic acids is 1. The molecule has 208 valence electrons. The Hall–Kier alpha value is -4.03. The number of alkyl halides is 6. The first kappa shape index (κ1) is 28.0. The minimum atomic E-state index is -5.08. The quantitative estimate of drug-likeness (QED) is 0.348. The number of rotatable bonds is 6. The van der Waals surface area contributed by atoms with E-state index in [1.165, 1.54) is 12.1 Å². The molecule has 0 bridgehead atoms. The third-order valence-corrected chi connectivity index (χ3v) is 6.72. The van der Waals surface area contributed by atoms with Crippen LogP contribution in [-0.4, -0.2) is 44.9 Å². The maximum absolute atomic E-state index is 13.4. The maximum atomic E-state index is 13.4. The fourth-order valence-electron chi connectivity index (χ4n) is 4.83. The molecule has 1 atom stereocenters. The average molecular weight is 554 g/mol. The van der Waals surface area contributed by atoms with Crippen molar-refractivity contribution in [3.8, 4) is 5.69 Å². The second kappa shape index (κ2) is 10.6. The second-order valence-corrected chi connectivity index (χ2v) is 9.36. The summed E-state index contributed by atoms with van der Waals surface area (Å²) in [4.78, 5) is 26.0. The zero-order valence-corrected chi connectivity index (χ0v) is 20.4. The van der Waals surface area contributed by atoms with E-state index in [1.54, 1.807) is 4.90 Å². The SMILES string of the molecule is O=C(O)CCC1(c2ccccc2)CCCN(C(=O)Nc2ccc(-n3nc(C(F)(F)F)cc3C(F)(F)F)cc2)C1. The number of likely N-dealkylation sites (tertiary alicyclic amines) is 1. The number of carboxylic acid groups (broad SMARTS) is 1. The zero-order valence-electron chi connectivity index (χ0n) is 20.4. The van der Waals surface area contributed by atoms with E-state index in [1.807, 2.05) is 30.3 Å². The molecule has 1 aliphatic heterocycles. The first-order valence-electron chi connectivity index (χ1n) is 12.0. The van der Waals surface area contributed by atoms with E-state index >= 15 is 0 Å². The van der Waals surface area contributed by atoms with Gasteiger partial charge in [0.15, 0.2) is 5.69 Å². The van der Waals surface area contributed by atoms with Crippen molar-refractivity contribution in [2.24, 2.45) is 0 Å². The summed E-state index contributed by atoms with van der Waals surface area (Å²) >= 11 is 0. The molecule has 0 saturated carbocycles. The number of nitrogens with zero attached hydrogens (tertiary/aromatic N) is 3. The first-order valence-corrected chi connectivity index (χ1v) is 12.0. The first-order chi connectivity index (χ1) is 18.3. The number of urea groups is 1. The Morgan fingerprint density at radius 1 is 0.974 bits per heavy atom. The number of hydrogen-bond donors (Lipinski definition) is 2. The van der Waals surface area contributed by atoms with Gasteiger partial charge in [-0.25, -0.2) is 9.48 Å². The molecule has 0 spiro atoms. The van der Waals surface area contributed by atoms with Gasteiger partial charge >= 0.3 is 24.4 Å². The summed E-state index contributed by atoms with van der Waals surface area (Å²) in [6, 6.07) is 13.6. The lowest BCUT2D eigenvalue weighted by atomic mass is 9.71. The normalized spacial score (nSPS) is 18.2. The average Bonchev–Trinajstić information content (AvgIpc) is 3.36. The summed E-state index contributed by atoms with van der Waals surface area (Å²) in [5, 5.41) is 15.0. The van der Waals surface area contributed by atoms with Crippen LogP contribution in [0.25, 0.3) is 5.69 Å². The van der Waals surface area contributed by atoms with E-state index in [9.17, 15) is 41.0 Å². The molecule has 3 aromatic rings. The molecule has 2 amide bonds. The van der Waals surface area contributed by atoms with Gasteiger partial charge in [-0.3, -0.25) is 4.79 Å². The van der Waals surface area contributed by atoms with E-state index in [-0.39, 0.29) is 35.1 Å². The van der Waals surface area contributed by atoms with E-state index < -0.39 is 41.2 Å². The van der Waals surface area contributed by atoms with Crippen LogP contribution >= 0.6 is 0 Å². The Morgan fingerprint density at radius 2 is 1.64 bits per heavy atom. The topological polar surface area (TPSA) is 87.5 Å². The number of amides is 2. The summed E-state index contributed by atoms with van der Waals surface area (Å²) in [5.41, 5.74) is -2.97. The molecule has 0 aliphatic carbocycles. The minimum absolute atomic E-state index is 0.0601. The number of aromatic nitrogens is 2. The Labute approximate surface area is 219 Å². The number of hydrogen-bond acceptors (Lipinski definition) is 3. The lowest BCUT2D eigenvalue weighted by molar-refractivity contribution is -0.143. The summed E-state index contributed by atoms with van der Waals surface area (Å²) in [6.45, 7) is 0.671. The van der Waals surface area contributed by atoms with Gasteiger partial charge in [0.05, 0.1) is 5.69 Å². The Balaban J connectivity index is 1.52. The summed E-state index contributed by atoms with van der Waals surface area (Å²) < 4.78 is 79.2. The Bertz CT molecular complexity index is 1320. The highest BCUT2D eigenvalue weighted by molar-refractivity contribution is 5.89. The highest BCUT2D eigenvalue weighted by atomic mass is 19.4. The summed E-state index contributed by atoms with van der Waals surface area (Å²) in [7, 11) is 0. The summed E-state index contributed by atoms with van der Waals surface area (Å²) in [6.07, 6.45) is -8.57. The molecule has 4 rings (SSSR count). The van der Waals surface area contributed by atoms with Crippen LogP contribution in [0.4, 0.5) is 36.8 Å². The van der Waals surface area contributed by atoms with Gasteiger partial charge in [0, 0.05) is 36.7 Å². The molecule has 1 unspecified atom stereocenters. The van der Waals surface area contributed by atoms with Crippen molar-refractivity contribution in [1.29, 1.82) is 0 Å². The van der Waals surface area contributed by atoms with Crippen LogP contribution in [0.3, 0.4) is 0 Å². The van der Waals surface area contributed by atoms with Gasteiger partial charge in [0.1, 0.15) is 5.69 Å². The van der Waals surface area contributed by atoms with Gasteiger partial charge < -0.3 is 15.3 Å². The zero-order chi connectivity index (χ0) is 28.4. The number of carbonyl (C=O) groups excluding carboxylic acids is 1. The van der Waals surface area contributed by atoms with Crippen LogP contribution in [0.5, 0.6) is 0 Å². The van der Waals surface area contributed by atoms with E-state index in [0.717, 1.165) is 17.7 Å². The van der Waals surface area contributed by atoms with Crippen LogP contribution in [0.15, 0.2) is 60.7 Å². The van der Waals surface area contributed by atoms with Crippen LogP contribution in [0, 0.1) is 0 Å². The number of nitrogens with one attached hydrogen (secondary N) is 1. The third kappa shape index (κ3) is 6.35. The van der Waals surface area contributed by atoms with Gasteiger partial charge in [-0.15, -0.1) is 0 Å². The van der Waals surface area contributed by atoms with Gasteiger partial charge in [0.2, 0.25) is 0 Å². The largest absolute Gasteiger partial charge is 0.481 e. The van der Waals surface area contributed by atoms with E-state index in [2.05, 4.69) is 10.4 Å². The molecule has 2 heterocycles. The molecule has 0 radical (unpaired) electrons. The molecule has 7 nitrogen and oxygen atoms in total. The molecule has 1 aromatic heterocycles. The molecule has 13 heteroatoms. The molecule has 1 fully saturated rings. The predicted octanol–water partition coefficient (Wildman–Crippen LogP) is 6.34. The van der Waals surface area contributed by atoms with Crippen molar-refractivity contribution in [3.63, 3.8) is 0 Å². The predicted molar refractivity (Wildman–Crippen MR) is 128 cm³/mol. The van der Waals surface area contributed by atoms with Crippen LogP contribution in [0.2, 0.25) is 0 Å². The second-order valence-electron chi connectivity index (χ2n) is 9.36. The smallest absolute Gasteiger partial charge is 0.435 e. The lowest BCUT2D eigenvalue weighted by Crippen LogP contribution is -2.50. The number of anilines is 1. The van der Waals surface area contributed by atoms with E-state index in [4.69, 9.17) is 0 Å². The molecular formula is C26H24F6N4O3. The van der Waals surface area contributed by atoms with Gasteiger partial charge in [0.25, 0.3) is 0 Å². The van der Waals surface area contributed by atoms with Crippen LogP contribution < -0.4 is 5.32 Å². The number of piperidine rings is 1. The van der Waals surface area contributed by atoms with E-state index in [0.29, 0.717) is 25.8 Å². The lowest BCUT2D eigenvalue weighted by Gasteiger charge is -2.43. The number of halogens is 6. The van der Waals surface area contributed by atoms with Crippen molar-refractivity contribution >= 4 is 17.7 Å². The van der Waals surface area contributed by atoms with Crippen molar-refractivity contribution in [3.05, 3.63) is 77.6 Å². The van der Waals surface area contributed by atoms with Gasteiger partial charge in [-0.05, 0) is 49.1 Å². The highest BCUT2D eigenvalue weighted by Crippen LogP contribution is 2.39. The standard InChI is InChI=1S/C26H24F6N4O3/c27-25(28,29)20-15-21(26(30,31)32)36(34-20)19-9-7-18(8-10-19)33-23(39)35-14-4-12-24(16-35,13-11-22(37)38)17-5-2-1-3-6-17/h1-3,5-10,15H,4,11-14,16H2,(H,33,39)(H,37,38). The van der Waals surface area contributed by atoms with Gasteiger partial charge in [-0.1, -0.05) is 30.3 Å². The number of benzene rings is 2. The van der Waals surface area contributed by atoms with Crippen molar-refractivity contribution < 1.29 is 41.0 Å². The van der Waals surface area contributed by atoms with Crippen LogP contribution in [0.1, 0.15) is 42.6 Å². The maximum Gasteiger partial charge on any atom is 0.435 e. The Morgan fingerprint density at radius 3 is 2.23 bits per heavy atom.